The van der Waals surface area contributed by atoms with Crippen molar-refractivity contribution in [3.05, 3.63) is 210 Å². The first kappa shape index (κ1) is 80.8. The minimum absolute atomic E-state index is 0.0734. The number of benzene rings is 6. The van der Waals surface area contributed by atoms with Crippen molar-refractivity contribution in [3.63, 3.8) is 0 Å². The van der Waals surface area contributed by atoms with Crippen LogP contribution in [0.3, 0.4) is 0 Å². The summed E-state index contributed by atoms with van der Waals surface area (Å²) in [6.07, 6.45) is 4.79. The van der Waals surface area contributed by atoms with E-state index >= 15 is 0 Å². The molecule has 0 radical (unpaired) electrons. The van der Waals surface area contributed by atoms with E-state index in [-0.39, 0.29) is 88.1 Å². The Morgan fingerprint density at radius 2 is 0.565 bits per heavy atom. The average molecular weight is 1540 g/mol. The van der Waals surface area contributed by atoms with Gasteiger partial charge in [0.05, 0.1) is 65.0 Å². The number of amides is 6. The summed E-state index contributed by atoms with van der Waals surface area (Å²) in [6, 6.07) is 29.2. The summed E-state index contributed by atoms with van der Waals surface area (Å²) in [5.74, 6) is -5.26. The monoisotopic (exact) mass is 1540 g/mol. The van der Waals surface area contributed by atoms with Crippen LogP contribution in [0.15, 0.2) is 128 Å². The van der Waals surface area contributed by atoms with Crippen LogP contribution in [0.1, 0.15) is 120 Å². The second-order valence-electron chi connectivity index (χ2n) is 29.2. The molecule has 0 spiro atoms. The molecule has 0 unspecified atom stereocenters. The first-order valence-electron chi connectivity index (χ1n) is 35.4. The van der Waals surface area contributed by atoms with Gasteiger partial charge < -0.3 is 43.1 Å². The molecule has 0 N–H and O–H groups in total. The van der Waals surface area contributed by atoms with E-state index in [0.29, 0.717) is 123 Å². The van der Waals surface area contributed by atoms with Crippen molar-refractivity contribution in [1.29, 1.82) is 0 Å². The van der Waals surface area contributed by atoms with Gasteiger partial charge in [0.2, 0.25) is 0 Å². The van der Waals surface area contributed by atoms with Gasteiger partial charge in [-0.05, 0) is 131 Å². The van der Waals surface area contributed by atoms with E-state index in [9.17, 15) is 56.3 Å². The second-order valence-corrected chi connectivity index (χ2v) is 30.5. The van der Waals surface area contributed by atoms with Crippen LogP contribution in [0.5, 0.6) is 0 Å². The lowest BCUT2D eigenvalue weighted by Crippen LogP contribution is -2.57. The van der Waals surface area contributed by atoms with Gasteiger partial charge in [-0.1, -0.05) is 71.2 Å². The molecule has 6 heterocycles. The predicted octanol–water partition coefficient (Wildman–Crippen LogP) is 11.9. The predicted molar refractivity (Wildman–Crippen MR) is 413 cm³/mol. The minimum atomic E-state index is -0.636. The fraction of sp³-hybridized carbons (Fsp3) is 0.370. The number of hydrogen-bond acceptors (Lipinski definition) is 12. The normalized spacial score (nSPS) is 18.5. The van der Waals surface area contributed by atoms with Gasteiger partial charge in [-0.2, -0.15) is 0 Å². The number of carbonyl (C=O) groups excluding carboxylic acids is 9. The van der Waals surface area contributed by atoms with Crippen LogP contribution >= 0.6 is 34.8 Å². The third-order valence-corrected chi connectivity index (χ3v) is 21.4. The molecule has 6 amide bonds. The lowest BCUT2D eigenvalue weighted by Gasteiger charge is -2.44. The molecule has 570 valence electrons. The van der Waals surface area contributed by atoms with Crippen LogP contribution in [-0.4, -0.2) is 228 Å². The maximum absolute atomic E-state index is 13.7. The fourth-order valence-corrected chi connectivity index (χ4v) is 15.0. The molecule has 0 saturated carbocycles. The van der Waals surface area contributed by atoms with E-state index in [0.717, 1.165) is 16.7 Å². The molecular weight excluding hydrogens is 1450 g/mol. The second kappa shape index (κ2) is 33.4. The van der Waals surface area contributed by atoms with Gasteiger partial charge in [0.25, 0.3) is 52.8 Å². The standard InChI is InChI=1S/3C27H30ClFN4O3/c3*1-16-13-33(17(2)12-32(16)14-18-6-8-19(29)9-7-18)26(35)21-10-20-22(25(34)27(36)30(3)4)15-31(5)24(20)11-23(21)28/h3*6-11,15-17H,12-14H2,1-5H3/t3*16-,17+/m000/s1. The molecule has 9 aromatic rings. The Kier molecular flexibility index (Phi) is 25.0. The number of ketones is 3. The molecule has 0 aliphatic carbocycles. The van der Waals surface area contributed by atoms with Gasteiger partial charge in [-0.15, -0.1) is 0 Å². The number of fused-ring (bicyclic) bond motifs is 3. The van der Waals surface area contributed by atoms with Gasteiger partial charge in [-0.25, -0.2) is 13.2 Å². The summed E-state index contributed by atoms with van der Waals surface area (Å²) in [6.45, 7) is 17.6. The zero-order valence-electron chi connectivity index (χ0n) is 63.3. The SMILES string of the molecule is C[C@@H]1CN(Cc2ccc(F)cc2)[C@@H](C)CN1C(=O)c1cc2c(C(=O)C(=O)N(C)C)cn(C)c2cc1Cl.C[C@@H]1CN(Cc2ccc(F)cc2)[C@@H](C)CN1C(=O)c1cc2c(C(=O)C(=O)N(C)C)cn(C)c2cc1Cl.C[C@@H]1CN(Cc2ccc(F)cc2)[C@@H](C)CN1C(=O)c1cc2c(C(=O)C(=O)N(C)C)cn(C)c2cc1Cl. The summed E-state index contributed by atoms with van der Waals surface area (Å²) < 4.78 is 45.0. The number of likely N-dealkylation sites (N-methyl/N-ethyl adjacent to an activating group) is 3. The Hall–Kier alpha value is -9.69. The van der Waals surface area contributed by atoms with Crippen molar-refractivity contribution in [2.75, 3.05) is 81.6 Å². The molecular formula is C81H90Cl3F3N12O9. The van der Waals surface area contributed by atoms with E-state index in [1.54, 1.807) is 141 Å². The first-order valence-corrected chi connectivity index (χ1v) is 36.6. The molecule has 0 bridgehead atoms. The Balaban J connectivity index is 0.000000173. The number of aromatic nitrogens is 3. The first-order chi connectivity index (χ1) is 50.9. The van der Waals surface area contributed by atoms with E-state index in [1.165, 1.54) is 93.4 Å². The van der Waals surface area contributed by atoms with Crippen LogP contribution in [0, 0.1) is 17.5 Å². The quantitative estimate of drug-likeness (QED) is 0.0696. The van der Waals surface area contributed by atoms with Crippen molar-refractivity contribution in [3.8, 4) is 0 Å². The summed E-state index contributed by atoms with van der Waals surface area (Å²) >= 11 is 19.7. The maximum Gasteiger partial charge on any atom is 0.294 e. The maximum atomic E-state index is 13.7. The number of nitrogens with zero attached hydrogens (tertiary/aromatic N) is 12. The molecule has 12 rings (SSSR count). The molecule has 27 heteroatoms. The largest absolute Gasteiger partial charge is 0.350 e. The van der Waals surface area contributed by atoms with Crippen molar-refractivity contribution in [1.82, 2.24) is 57.8 Å². The average Bonchev–Trinajstić information content (AvgIpc) is 1.58. The highest BCUT2D eigenvalue weighted by molar-refractivity contribution is 6.47. The summed E-state index contributed by atoms with van der Waals surface area (Å²) in [4.78, 5) is 132. The molecule has 3 aliphatic heterocycles. The molecule has 3 aliphatic rings. The van der Waals surface area contributed by atoms with Gasteiger partial charge in [0.1, 0.15) is 17.5 Å². The molecule has 6 atom stereocenters. The third-order valence-electron chi connectivity index (χ3n) is 20.5. The molecule has 21 nitrogen and oxygen atoms in total. The van der Waals surface area contributed by atoms with Crippen molar-refractivity contribution in [2.45, 2.75) is 97.4 Å². The van der Waals surface area contributed by atoms with Crippen molar-refractivity contribution in [2.24, 2.45) is 21.1 Å². The molecule has 108 heavy (non-hydrogen) atoms. The number of halogens is 6. The zero-order valence-corrected chi connectivity index (χ0v) is 65.5. The van der Waals surface area contributed by atoms with Crippen molar-refractivity contribution < 1.29 is 56.3 Å². The third kappa shape index (κ3) is 17.4. The van der Waals surface area contributed by atoms with Crippen LogP contribution in [-0.2, 0) is 55.2 Å². The Morgan fingerprint density at radius 3 is 0.778 bits per heavy atom. The van der Waals surface area contributed by atoms with Crippen LogP contribution < -0.4 is 0 Å². The van der Waals surface area contributed by atoms with Crippen LogP contribution in [0.2, 0.25) is 15.1 Å². The highest BCUT2D eigenvalue weighted by Gasteiger charge is 2.38. The summed E-state index contributed by atoms with van der Waals surface area (Å²) in [7, 11) is 14.4. The van der Waals surface area contributed by atoms with Crippen LogP contribution in [0.4, 0.5) is 13.2 Å². The summed E-state index contributed by atoms with van der Waals surface area (Å²) in [5.41, 5.74) is 6.64. The Bertz CT molecular complexity index is 4490. The van der Waals surface area contributed by atoms with E-state index in [2.05, 4.69) is 35.5 Å². The summed E-state index contributed by atoms with van der Waals surface area (Å²) in [5, 5.41) is 2.42. The zero-order chi connectivity index (χ0) is 78.9. The number of carbonyl (C=O) groups is 9. The highest BCUT2D eigenvalue weighted by atomic mass is 35.5. The lowest BCUT2D eigenvalue weighted by molar-refractivity contribution is -0.124. The number of Topliss-reactive ketones (excluding diaryl/α,β-unsaturated/α-hetero) is 3. The lowest BCUT2D eigenvalue weighted by atomic mass is 10.0. The Morgan fingerprint density at radius 1 is 0.343 bits per heavy atom. The number of hydrogen-bond donors (Lipinski definition) is 0. The molecule has 3 saturated heterocycles. The molecule has 3 aromatic heterocycles. The number of piperazine rings is 3. The van der Waals surface area contributed by atoms with E-state index in [1.807, 2.05) is 20.8 Å². The van der Waals surface area contributed by atoms with E-state index < -0.39 is 35.1 Å². The van der Waals surface area contributed by atoms with Gasteiger partial charge in [0.15, 0.2) is 0 Å². The fourth-order valence-electron chi connectivity index (χ4n) is 14.2. The van der Waals surface area contributed by atoms with Crippen molar-refractivity contribution >= 4 is 120 Å². The molecule has 6 aromatic carbocycles. The van der Waals surface area contributed by atoms with Gasteiger partial charge >= 0.3 is 0 Å². The topological polar surface area (TPSA) is 198 Å². The Labute approximate surface area is 641 Å². The highest BCUT2D eigenvalue weighted by Crippen LogP contribution is 2.35. The van der Waals surface area contributed by atoms with Gasteiger partial charge in [0, 0.05) is 193 Å². The van der Waals surface area contributed by atoms with Gasteiger partial charge in [-0.3, -0.25) is 57.9 Å². The molecule has 3 fully saturated rings. The minimum Gasteiger partial charge on any atom is -0.350 e. The number of rotatable bonds is 15. The van der Waals surface area contributed by atoms with E-state index in [4.69, 9.17) is 34.8 Å². The van der Waals surface area contributed by atoms with Crippen LogP contribution in [0.25, 0.3) is 32.7 Å². The smallest absolute Gasteiger partial charge is 0.294 e. The number of aryl methyl sites for hydroxylation is 3.